The van der Waals surface area contributed by atoms with E-state index in [1.807, 2.05) is 18.2 Å². The molecule has 1 heterocycles. The average molecular weight is 304 g/mol. The molecule has 0 radical (unpaired) electrons. The van der Waals surface area contributed by atoms with E-state index in [4.69, 9.17) is 9.47 Å². The Labute approximate surface area is 133 Å². The number of rotatable bonds is 3. The molecule has 2 aliphatic rings. The quantitative estimate of drug-likeness (QED) is 0.927. The van der Waals surface area contributed by atoms with Crippen molar-refractivity contribution in [3.63, 3.8) is 0 Å². The Morgan fingerprint density at radius 1 is 1.18 bits per heavy atom. The molecule has 3 rings (SSSR count). The lowest BCUT2D eigenvalue weighted by atomic mass is 9.77. The van der Waals surface area contributed by atoms with Crippen molar-refractivity contribution in [3.8, 4) is 0 Å². The zero-order chi connectivity index (χ0) is 15.7. The van der Waals surface area contributed by atoms with Gasteiger partial charge < -0.3 is 14.6 Å². The second-order valence-electron chi connectivity index (χ2n) is 7.30. The first-order valence-corrected chi connectivity index (χ1v) is 8.53. The maximum Gasteiger partial charge on any atom is 0.168 e. The van der Waals surface area contributed by atoms with Gasteiger partial charge in [-0.05, 0) is 29.7 Å². The summed E-state index contributed by atoms with van der Waals surface area (Å²) in [5, 5.41) is 10.9. The van der Waals surface area contributed by atoms with Gasteiger partial charge in [0.15, 0.2) is 5.79 Å². The Morgan fingerprint density at radius 2 is 1.91 bits per heavy atom. The van der Waals surface area contributed by atoms with Crippen LogP contribution in [0, 0.1) is 23.7 Å². The first-order valence-electron chi connectivity index (χ1n) is 8.53. The molecule has 0 unspecified atom stereocenters. The van der Waals surface area contributed by atoms with Gasteiger partial charge in [0.1, 0.15) is 0 Å². The van der Waals surface area contributed by atoms with E-state index < -0.39 is 5.79 Å². The first kappa shape index (κ1) is 16.0. The highest BCUT2D eigenvalue weighted by atomic mass is 16.6. The van der Waals surface area contributed by atoms with E-state index in [9.17, 15) is 5.11 Å². The minimum atomic E-state index is -0.946. The minimum absolute atomic E-state index is 0.165. The lowest BCUT2D eigenvalue weighted by Crippen LogP contribution is -2.42. The molecule has 0 aromatic heterocycles. The van der Waals surface area contributed by atoms with Crippen LogP contribution in [-0.2, 0) is 16.1 Å². The summed E-state index contributed by atoms with van der Waals surface area (Å²) >= 11 is 0. The van der Waals surface area contributed by atoms with Gasteiger partial charge in [0, 0.05) is 12.3 Å². The Hall–Kier alpha value is -0.900. The van der Waals surface area contributed by atoms with E-state index >= 15 is 0 Å². The summed E-state index contributed by atoms with van der Waals surface area (Å²) in [6.45, 7) is 7.94. The summed E-state index contributed by atoms with van der Waals surface area (Å²) in [6.07, 6.45) is 1.84. The summed E-state index contributed by atoms with van der Waals surface area (Å²) in [7, 11) is 0. The van der Waals surface area contributed by atoms with Crippen LogP contribution >= 0.6 is 0 Å². The maximum absolute atomic E-state index is 10.9. The molecule has 1 saturated heterocycles. The van der Waals surface area contributed by atoms with E-state index in [-0.39, 0.29) is 12.0 Å². The van der Waals surface area contributed by atoms with Crippen molar-refractivity contribution in [2.75, 3.05) is 6.61 Å². The van der Waals surface area contributed by atoms with Crippen molar-refractivity contribution in [1.82, 2.24) is 0 Å². The largest absolute Gasteiger partial charge is 0.373 e. The Kier molecular flexibility index (Phi) is 4.58. The molecule has 3 heteroatoms. The fourth-order valence-corrected chi connectivity index (χ4v) is 4.49. The van der Waals surface area contributed by atoms with Crippen LogP contribution in [0.15, 0.2) is 30.3 Å². The van der Waals surface area contributed by atoms with Gasteiger partial charge in [-0.15, -0.1) is 0 Å². The molecule has 22 heavy (non-hydrogen) atoms. The molecule has 1 aliphatic carbocycles. The Bertz CT molecular complexity index is 489. The van der Waals surface area contributed by atoms with Crippen molar-refractivity contribution in [2.24, 2.45) is 23.7 Å². The van der Waals surface area contributed by atoms with Crippen molar-refractivity contribution in [2.45, 2.75) is 52.1 Å². The third-order valence-electron chi connectivity index (χ3n) is 5.62. The van der Waals surface area contributed by atoms with E-state index in [1.54, 1.807) is 0 Å². The number of hydrogen-bond acceptors (Lipinski definition) is 3. The summed E-state index contributed by atoms with van der Waals surface area (Å²) in [6, 6.07) is 10.3. The van der Waals surface area contributed by atoms with Crippen LogP contribution in [-0.4, -0.2) is 23.6 Å². The molecule has 0 bridgehead atoms. The highest BCUT2D eigenvalue weighted by Crippen LogP contribution is 2.48. The number of ether oxygens (including phenoxy) is 2. The number of aliphatic hydroxyl groups is 1. The Balaban J connectivity index is 1.74. The molecule has 3 nitrogen and oxygen atoms in total. The summed E-state index contributed by atoms with van der Waals surface area (Å²) in [5.74, 6) is 0.331. The van der Waals surface area contributed by atoms with Crippen LogP contribution in [0.5, 0.6) is 0 Å². The van der Waals surface area contributed by atoms with Gasteiger partial charge in [0.2, 0.25) is 0 Å². The number of benzene rings is 1. The van der Waals surface area contributed by atoms with Gasteiger partial charge in [-0.1, -0.05) is 51.1 Å². The minimum Gasteiger partial charge on any atom is -0.373 e. The molecular weight excluding hydrogens is 276 g/mol. The molecule has 1 aliphatic heterocycles. The lowest BCUT2D eigenvalue weighted by molar-refractivity contribution is -0.207. The normalized spacial score (nSPS) is 41.9. The van der Waals surface area contributed by atoms with Crippen molar-refractivity contribution in [1.29, 1.82) is 0 Å². The van der Waals surface area contributed by atoms with Crippen LogP contribution in [0.2, 0.25) is 0 Å². The first-order chi connectivity index (χ1) is 10.5. The highest BCUT2D eigenvalue weighted by molar-refractivity contribution is 5.13. The molecule has 2 fully saturated rings. The standard InChI is InChI=1S/C19H28O3/c1-13-9-10-19(20)17(14(2)11-22-19)15(3)18(13)21-12-16-7-5-4-6-8-16/h4-8,13-15,17-18,20H,9-12H2,1-3H3/t13-,14-,15+,17-,18-,19+/m0/s1. The predicted octanol–water partition coefficient (Wildman–Crippen LogP) is 3.61. The fraction of sp³-hybridized carbons (Fsp3) is 0.684. The van der Waals surface area contributed by atoms with Gasteiger partial charge in [-0.2, -0.15) is 0 Å². The van der Waals surface area contributed by atoms with Crippen molar-refractivity contribution in [3.05, 3.63) is 35.9 Å². The molecule has 0 amide bonds. The summed E-state index contributed by atoms with van der Waals surface area (Å²) in [4.78, 5) is 0. The van der Waals surface area contributed by atoms with Crippen LogP contribution in [0.25, 0.3) is 0 Å². The number of fused-ring (bicyclic) bond motifs is 1. The highest BCUT2D eigenvalue weighted by Gasteiger charge is 2.53. The maximum atomic E-state index is 10.9. The molecule has 6 atom stereocenters. The predicted molar refractivity (Wildman–Crippen MR) is 86.1 cm³/mol. The molecule has 1 aromatic carbocycles. The molecule has 1 aromatic rings. The molecule has 122 valence electrons. The van der Waals surface area contributed by atoms with Gasteiger partial charge in [0.25, 0.3) is 0 Å². The molecular formula is C19H28O3. The SMILES string of the molecule is C[C@H]1[C@@H](OCc2ccccc2)[C@@H](C)CC[C@@]2(O)OC[C@H](C)[C@@H]12. The smallest absolute Gasteiger partial charge is 0.168 e. The van der Waals surface area contributed by atoms with Crippen LogP contribution in [0.3, 0.4) is 0 Å². The number of hydrogen-bond donors (Lipinski definition) is 1. The molecule has 0 spiro atoms. The molecule has 1 saturated carbocycles. The van der Waals surface area contributed by atoms with Crippen molar-refractivity contribution < 1.29 is 14.6 Å². The van der Waals surface area contributed by atoms with Gasteiger partial charge in [-0.3, -0.25) is 0 Å². The summed E-state index contributed by atoms with van der Waals surface area (Å²) in [5.41, 5.74) is 1.21. The van der Waals surface area contributed by atoms with Crippen molar-refractivity contribution >= 4 is 0 Å². The van der Waals surface area contributed by atoms with Crippen LogP contribution in [0.4, 0.5) is 0 Å². The van der Waals surface area contributed by atoms with Crippen LogP contribution in [0.1, 0.15) is 39.2 Å². The molecule has 1 N–H and O–H groups in total. The monoisotopic (exact) mass is 304 g/mol. The summed E-state index contributed by atoms with van der Waals surface area (Å²) < 4.78 is 12.1. The van der Waals surface area contributed by atoms with E-state index in [2.05, 4.69) is 32.9 Å². The second kappa shape index (κ2) is 6.31. The zero-order valence-electron chi connectivity index (χ0n) is 13.9. The third kappa shape index (κ3) is 2.94. The van der Waals surface area contributed by atoms with E-state index in [1.165, 1.54) is 5.56 Å². The third-order valence-corrected chi connectivity index (χ3v) is 5.62. The lowest BCUT2D eigenvalue weighted by Gasteiger charge is -2.35. The van der Waals surface area contributed by atoms with E-state index in [0.29, 0.717) is 31.0 Å². The van der Waals surface area contributed by atoms with Gasteiger partial charge in [-0.25, -0.2) is 0 Å². The van der Waals surface area contributed by atoms with E-state index in [0.717, 1.165) is 12.8 Å². The second-order valence-corrected chi connectivity index (χ2v) is 7.30. The van der Waals surface area contributed by atoms with Gasteiger partial charge in [0.05, 0.1) is 19.3 Å². The Morgan fingerprint density at radius 3 is 2.64 bits per heavy atom. The van der Waals surface area contributed by atoms with Gasteiger partial charge >= 0.3 is 0 Å². The topological polar surface area (TPSA) is 38.7 Å². The fourth-order valence-electron chi connectivity index (χ4n) is 4.49. The zero-order valence-corrected chi connectivity index (χ0v) is 13.9. The average Bonchev–Trinajstić information content (AvgIpc) is 2.77. The van der Waals surface area contributed by atoms with Crippen LogP contribution < -0.4 is 0 Å².